The van der Waals surface area contributed by atoms with Crippen LogP contribution in [0.4, 0.5) is 5.82 Å². The van der Waals surface area contributed by atoms with Gasteiger partial charge in [-0.25, -0.2) is 4.98 Å². The highest BCUT2D eigenvalue weighted by molar-refractivity contribution is 5.81. The lowest BCUT2D eigenvalue weighted by atomic mass is 10.1. The molecule has 0 spiro atoms. The molecule has 1 atom stereocenters. The second-order valence-electron chi connectivity index (χ2n) is 5.48. The Hall–Kier alpha value is -1.65. The van der Waals surface area contributed by atoms with E-state index in [2.05, 4.69) is 28.4 Å². The molecule has 1 aliphatic heterocycles. The highest BCUT2D eigenvalue weighted by Crippen LogP contribution is 2.28. The van der Waals surface area contributed by atoms with Gasteiger partial charge in [0.1, 0.15) is 5.82 Å². The maximum Gasteiger partial charge on any atom is 0.133 e. The zero-order valence-corrected chi connectivity index (χ0v) is 11.8. The van der Waals surface area contributed by atoms with Gasteiger partial charge in [-0.15, -0.1) is 0 Å². The molecule has 0 bridgehead atoms. The first-order valence-corrected chi connectivity index (χ1v) is 7.21. The average Bonchev–Trinajstić information content (AvgIpc) is 2.95. The second kappa shape index (κ2) is 5.77. The van der Waals surface area contributed by atoms with E-state index in [1.807, 2.05) is 19.2 Å². The van der Waals surface area contributed by atoms with E-state index in [1.165, 1.54) is 10.9 Å². The lowest BCUT2D eigenvalue weighted by molar-refractivity contribution is 0.238. The summed E-state index contributed by atoms with van der Waals surface area (Å²) in [6.45, 7) is 2.96. The molecule has 0 amide bonds. The predicted octanol–water partition coefficient (Wildman–Crippen LogP) is 1.77. The van der Waals surface area contributed by atoms with E-state index in [4.69, 9.17) is 4.98 Å². The number of para-hydroxylation sites is 1. The molecule has 1 fully saturated rings. The van der Waals surface area contributed by atoms with Gasteiger partial charge in [-0.1, -0.05) is 18.2 Å². The molecule has 1 aliphatic rings. The molecule has 4 nitrogen and oxygen atoms in total. The zero-order chi connectivity index (χ0) is 13.9. The van der Waals surface area contributed by atoms with Crippen LogP contribution in [0.15, 0.2) is 30.3 Å². The Kier molecular flexibility index (Phi) is 3.85. The fourth-order valence-corrected chi connectivity index (χ4v) is 2.92. The van der Waals surface area contributed by atoms with Crippen molar-refractivity contribution in [1.82, 2.24) is 10.3 Å². The Labute approximate surface area is 119 Å². The smallest absolute Gasteiger partial charge is 0.133 e. The summed E-state index contributed by atoms with van der Waals surface area (Å²) in [4.78, 5) is 7.15. The molecule has 106 valence electrons. The van der Waals surface area contributed by atoms with Crippen molar-refractivity contribution < 1.29 is 5.11 Å². The van der Waals surface area contributed by atoms with Gasteiger partial charge in [-0.05, 0) is 25.6 Å². The Morgan fingerprint density at radius 3 is 3.00 bits per heavy atom. The van der Waals surface area contributed by atoms with Crippen molar-refractivity contribution in [3.63, 3.8) is 0 Å². The average molecular weight is 271 g/mol. The van der Waals surface area contributed by atoms with Crippen LogP contribution in [-0.2, 0) is 6.54 Å². The van der Waals surface area contributed by atoms with Crippen LogP contribution >= 0.6 is 0 Å². The van der Waals surface area contributed by atoms with Gasteiger partial charge in [0.25, 0.3) is 0 Å². The minimum atomic E-state index is 0.269. The van der Waals surface area contributed by atoms with Gasteiger partial charge in [-0.2, -0.15) is 0 Å². The van der Waals surface area contributed by atoms with E-state index in [0.29, 0.717) is 5.92 Å². The van der Waals surface area contributed by atoms with Crippen molar-refractivity contribution >= 4 is 16.7 Å². The number of aliphatic hydroxyl groups is 1. The molecular formula is C16H21N3O. The van der Waals surface area contributed by atoms with Gasteiger partial charge in [0.05, 0.1) is 5.52 Å². The van der Waals surface area contributed by atoms with E-state index in [0.717, 1.165) is 37.4 Å². The standard InChI is InChI=1S/C16H21N3O/c1-17-9-14-8-13-4-2-3-5-15(13)18-16(14)19-7-6-12(10-19)11-20/h2-5,8,12,17,20H,6-7,9-11H2,1H3. The van der Waals surface area contributed by atoms with Crippen LogP contribution in [0.5, 0.6) is 0 Å². The van der Waals surface area contributed by atoms with Crippen molar-refractivity contribution in [2.24, 2.45) is 5.92 Å². The Morgan fingerprint density at radius 1 is 1.40 bits per heavy atom. The molecule has 0 radical (unpaired) electrons. The largest absolute Gasteiger partial charge is 0.396 e. The SMILES string of the molecule is CNCc1cc2ccccc2nc1N1CCC(CO)C1. The number of benzene rings is 1. The molecule has 4 heteroatoms. The molecule has 0 aliphatic carbocycles. The first kappa shape index (κ1) is 13.3. The maximum atomic E-state index is 9.32. The topological polar surface area (TPSA) is 48.4 Å². The van der Waals surface area contributed by atoms with Crippen molar-refractivity contribution in [1.29, 1.82) is 0 Å². The van der Waals surface area contributed by atoms with Crippen molar-refractivity contribution in [3.8, 4) is 0 Å². The van der Waals surface area contributed by atoms with Gasteiger partial charge < -0.3 is 15.3 Å². The third-order valence-corrected chi connectivity index (χ3v) is 3.99. The number of fused-ring (bicyclic) bond motifs is 1. The lowest BCUT2D eigenvalue weighted by Crippen LogP contribution is -2.24. The maximum absolute atomic E-state index is 9.32. The Balaban J connectivity index is 2.01. The van der Waals surface area contributed by atoms with Crippen molar-refractivity contribution in [3.05, 3.63) is 35.9 Å². The summed E-state index contributed by atoms with van der Waals surface area (Å²) in [5.41, 5.74) is 2.26. The van der Waals surface area contributed by atoms with E-state index in [-0.39, 0.29) is 6.61 Å². The van der Waals surface area contributed by atoms with Crippen LogP contribution in [0.1, 0.15) is 12.0 Å². The molecule has 2 aromatic rings. The summed E-state index contributed by atoms with van der Waals surface area (Å²) in [6.07, 6.45) is 1.05. The van der Waals surface area contributed by atoms with Gasteiger partial charge in [0.15, 0.2) is 0 Å². The zero-order valence-electron chi connectivity index (χ0n) is 11.8. The number of aliphatic hydroxyl groups excluding tert-OH is 1. The third-order valence-electron chi connectivity index (χ3n) is 3.99. The fourth-order valence-electron chi connectivity index (χ4n) is 2.92. The van der Waals surface area contributed by atoms with Crippen LogP contribution in [0.25, 0.3) is 10.9 Å². The lowest BCUT2D eigenvalue weighted by Gasteiger charge is -2.21. The molecule has 1 saturated heterocycles. The molecular weight excluding hydrogens is 250 g/mol. The number of nitrogens with zero attached hydrogens (tertiary/aromatic N) is 2. The predicted molar refractivity (Wildman–Crippen MR) is 81.9 cm³/mol. The number of aromatic nitrogens is 1. The number of nitrogens with one attached hydrogen (secondary N) is 1. The summed E-state index contributed by atoms with van der Waals surface area (Å²) >= 11 is 0. The molecule has 1 unspecified atom stereocenters. The van der Waals surface area contributed by atoms with Crippen molar-refractivity contribution in [2.75, 3.05) is 31.6 Å². The van der Waals surface area contributed by atoms with E-state index >= 15 is 0 Å². The minimum absolute atomic E-state index is 0.269. The molecule has 0 saturated carbocycles. The third kappa shape index (κ3) is 2.49. The van der Waals surface area contributed by atoms with Crippen LogP contribution in [0, 0.1) is 5.92 Å². The van der Waals surface area contributed by atoms with E-state index in [1.54, 1.807) is 0 Å². The monoisotopic (exact) mass is 271 g/mol. The molecule has 1 aromatic heterocycles. The fraction of sp³-hybridized carbons (Fsp3) is 0.438. The molecule has 2 N–H and O–H groups in total. The Morgan fingerprint density at radius 2 is 2.25 bits per heavy atom. The summed E-state index contributed by atoms with van der Waals surface area (Å²) in [6, 6.07) is 10.5. The molecule has 20 heavy (non-hydrogen) atoms. The van der Waals surface area contributed by atoms with Crippen LogP contribution in [0.2, 0.25) is 0 Å². The molecule has 2 heterocycles. The number of rotatable bonds is 4. The normalized spacial score (nSPS) is 18.9. The van der Waals surface area contributed by atoms with Gasteiger partial charge in [0, 0.05) is 43.1 Å². The van der Waals surface area contributed by atoms with Crippen molar-refractivity contribution in [2.45, 2.75) is 13.0 Å². The Bertz CT molecular complexity index is 599. The minimum Gasteiger partial charge on any atom is -0.396 e. The van der Waals surface area contributed by atoms with Crippen LogP contribution < -0.4 is 10.2 Å². The number of hydrogen-bond acceptors (Lipinski definition) is 4. The van der Waals surface area contributed by atoms with Crippen LogP contribution in [0.3, 0.4) is 0 Å². The first-order chi connectivity index (χ1) is 9.81. The number of pyridine rings is 1. The summed E-state index contributed by atoms with van der Waals surface area (Å²) in [5, 5.41) is 13.7. The van der Waals surface area contributed by atoms with Gasteiger partial charge in [-0.3, -0.25) is 0 Å². The van der Waals surface area contributed by atoms with E-state index in [9.17, 15) is 5.11 Å². The van der Waals surface area contributed by atoms with E-state index < -0.39 is 0 Å². The number of anilines is 1. The van der Waals surface area contributed by atoms with Gasteiger partial charge in [0.2, 0.25) is 0 Å². The first-order valence-electron chi connectivity index (χ1n) is 7.21. The summed E-state index contributed by atoms with van der Waals surface area (Å²) in [5.74, 6) is 1.44. The van der Waals surface area contributed by atoms with Gasteiger partial charge >= 0.3 is 0 Å². The highest BCUT2D eigenvalue weighted by Gasteiger charge is 2.24. The quantitative estimate of drug-likeness (QED) is 0.890. The van der Waals surface area contributed by atoms with Crippen LogP contribution in [-0.4, -0.2) is 36.8 Å². The number of hydrogen-bond donors (Lipinski definition) is 2. The summed E-state index contributed by atoms with van der Waals surface area (Å²) < 4.78 is 0. The molecule has 3 rings (SSSR count). The highest BCUT2D eigenvalue weighted by atomic mass is 16.3. The summed E-state index contributed by atoms with van der Waals surface area (Å²) in [7, 11) is 1.96. The molecule has 1 aromatic carbocycles. The second-order valence-corrected chi connectivity index (χ2v) is 5.48.